The van der Waals surface area contributed by atoms with E-state index in [1.165, 1.54) is 6.26 Å². The van der Waals surface area contributed by atoms with Crippen molar-refractivity contribution in [3.8, 4) is 0 Å². The van der Waals surface area contributed by atoms with E-state index >= 15 is 0 Å². The molecule has 0 radical (unpaired) electrons. The summed E-state index contributed by atoms with van der Waals surface area (Å²) in [6.07, 6.45) is 2.41. The zero-order valence-corrected chi connectivity index (χ0v) is 12.8. The highest BCUT2D eigenvalue weighted by molar-refractivity contribution is 6.06. The zero-order chi connectivity index (χ0) is 15.9. The van der Waals surface area contributed by atoms with Crippen LogP contribution < -0.4 is 5.73 Å². The zero-order valence-electron chi connectivity index (χ0n) is 12.8. The average Bonchev–Trinajstić information content (AvgIpc) is 3.09. The van der Waals surface area contributed by atoms with Gasteiger partial charge in [-0.15, -0.1) is 0 Å². The Labute approximate surface area is 129 Å². The number of hydrogen-bond acceptors (Lipinski definition) is 3. The van der Waals surface area contributed by atoms with Crippen LogP contribution in [0.4, 0.5) is 0 Å². The van der Waals surface area contributed by atoms with Crippen LogP contribution in [0.1, 0.15) is 29.8 Å². The van der Waals surface area contributed by atoms with Gasteiger partial charge in [-0.05, 0) is 30.0 Å². The molecule has 0 unspecified atom stereocenters. The first-order valence-corrected chi connectivity index (χ1v) is 7.60. The molecule has 1 aliphatic rings. The van der Waals surface area contributed by atoms with Crippen LogP contribution in [0, 0.1) is 11.8 Å². The summed E-state index contributed by atoms with van der Waals surface area (Å²) in [5.74, 6) is -0.616. The quantitative estimate of drug-likeness (QED) is 0.944. The van der Waals surface area contributed by atoms with Gasteiger partial charge in [0.2, 0.25) is 5.91 Å². The molecule has 1 saturated heterocycles. The molecule has 0 aliphatic carbocycles. The van der Waals surface area contributed by atoms with Crippen molar-refractivity contribution in [1.82, 2.24) is 4.90 Å². The van der Waals surface area contributed by atoms with Crippen molar-refractivity contribution in [3.63, 3.8) is 0 Å². The van der Waals surface area contributed by atoms with Crippen LogP contribution >= 0.6 is 0 Å². The van der Waals surface area contributed by atoms with Gasteiger partial charge in [0.25, 0.3) is 5.91 Å². The number of rotatable bonds is 3. The maximum absolute atomic E-state index is 12.7. The molecule has 0 saturated carbocycles. The number of aryl methyl sites for hydroxylation is 1. The third kappa shape index (κ3) is 2.36. The summed E-state index contributed by atoms with van der Waals surface area (Å²) in [5, 5.41) is 0.833. The van der Waals surface area contributed by atoms with Crippen LogP contribution in [0.5, 0.6) is 0 Å². The smallest absolute Gasteiger partial charge is 0.257 e. The van der Waals surface area contributed by atoms with Crippen molar-refractivity contribution in [2.24, 2.45) is 17.6 Å². The SMILES string of the molecule is CCc1ccc2occ(C(=O)N3C[C@@H](C)[C@H](C(N)=O)C3)c2c1. The van der Waals surface area contributed by atoms with Crippen molar-refractivity contribution < 1.29 is 14.0 Å². The molecule has 5 nitrogen and oxygen atoms in total. The van der Waals surface area contributed by atoms with Crippen molar-refractivity contribution in [3.05, 3.63) is 35.6 Å². The molecule has 1 fully saturated rings. The summed E-state index contributed by atoms with van der Waals surface area (Å²) in [5.41, 5.74) is 7.83. The van der Waals surface area contributed by atoms with E-state index in [1.54, 1.807) is 4.90 Å². The molecule has 2 aromatic rings. The third-order valence-electron chi connectivity index (χ3n) is 4.54. The highest BCUT2D eigenvalue weighted by Gasteiger charge is 2.36. The first-order chi connectivity index (χ1) is 10.5. The maximum atomic E-state index is 12.7. The molecule has 1 aliphatic heterocycles. The van der Waals surface area contributed by atoms with Gasteiger partial charge in [-0.2, -0.15) is 0 Å². The number of carbonyl (C=O) groups is 2. The number of benzene rings is 1. The van der Waals surface area contributed by atoms with Crippen molar-refractivity contribution in [2.45, 2.75) is 20.3 Å². The van der Waals surface area contributed by atoms with E-state index in [0.717, 1.165) is 17.4 Å². The second-order valence-corrected chi connectivity index (χ2v) is 6.03. The predicted octanol–water partition coefficient (Wildman–Crippen LogP) is 2.19. The van der Waals surface area contributed by atoms with Crippen molar-refractivity contribution in [2.75, 3.05) is 13.1 Å². The minimum absolute atomic E-state index is 0.0887. The van der Waals surface area contributed by atoms with E-state index in [0.29, 0.717) is 24.2 Å². The number of furan rings is 1. The van der Waals surface area contributed by atoms with Crippen molar-refractivity contribution in [1.29, 1.82) is 0 Å². The van der Waals surface area contributed by atoms with Crippen LogP contribution in [-0.4, -0.2) is 29.8 Å². The van der Waals surface area contributed by atoms with Gasteiger partial charge >= 0.3 is 0 Å². The second kappa shape index (κ2) is 5.48. The van der Waals surface area contributed by atoms with Gasteiger partial charge in [-0.1, -0.05) is 19.9 Å². The largest absolute Gasteiger partial charge is 0.463 e. The minimum atomic E-state index is -0.340. The summed E-state index contributed by atoms with van der Waals surface area (Å²) in [7, 11) is 0. The van der Waals surface area contributed by atoms with E-state index in [-0.39, 0.29) is 23.7 Å². The first-order valence-electron chi connectivity index (χ1n) is 7.60. The Hall–Kier alpha value is -2.30. The number of hydrogen-bond donors (Lipinski definition) is 1. The molecule has 2 heterocycles. The van der Waals surface area contributed by atoms with E-state index < -0.39 is 0 Å². The van der Waals surface area contributed by atoms with Gasteiger partial charge in [-0.3, -0.25) is 9.59 Å². The molecule has 116 valence electrons. The molecule has 1 aromatic carbocycles. The Morgan fingerprint density at radius 1 is 1.36 bits per heavy atom. The second-order valence-electron chi connectivity index (χ2n) is 6.03. The molecule has 3 rings (SSSR count). The number of primary amides is 1. The van der Waals surface area contributed by atoms with Gasteiger partial charge in [0.1, 0.15) is 11.8 Å². The molecule has 1 aromatic heterocycles. The highest BCUT2D eigenvalue weighted by atomic mass is 16.3. The Kier molecular flexibility index (Phi) is 3.64. The van der Waals surface area contributed by atoms with E-state index in [2.05, 4.69) is 6.92 Å². The summed E-state index contributed by atoms with van der Waals surface area (Å²) >= 11 is 0. The lowest BCUT2D eigenvalue weighted by Gasteiger charge is -2.15. The Bertz CT molecular complexity index is 735. The van der Waals surface area contributed by atoms with Gasteiger partial charge in [0, 0.05) is 18.5 Å². The minimum Gasteiger partial charge on any atom is -0.463 e. The number of fused-ring (bicyclic) bond motifs is 1. The van der Waals surface area contributed by atoms with E-state index in [9.17, 15) is 9.59 Å². The lowest BCUT2D eigenvalue weighted by molar-refractivity contribution is -0.122. The fourth-order valence-electron chi connectivity index (χ4n) is 3.14. The lowest BCUT2D eigenvalue weighted by atomic mass is 9.98. The monoisotopic (exact) mass is 300 g/mol. The fraction of sp³-hybridized carbons (Fsp3) is 0.412. The summed E-state index contributed by atoms with van der Waals surface area (Å²) in [6, 6.07) is 5.89. The average molecular weight is 300 g/mol. The molecule has 0 bridgehead atoms. The standard InChI is InChI=1S/C17H20N2O3/c1-3-11-4-5-15-12(6-11)14(9-22-15)17(21)19-7-10(2)13(8-19)16(18)20/h4-6,9-10,13H,3,7-8H2,1-2H3,(H2,18,20)/t10-,13-/m1/s1. The van der Waals surface area contributed by atoms with Gasteiger partial charge in [-0.25, -0.2) is 0 Å². The number of amides is 2. The number of nitrogens with two attached hydrogens (primary N) is 1. The lowest BCUT2D eigenvalue weighted by Crippen LogP contribution is -2.31. The van der Waals surface area contributed by atoms with Gasteiger partial charge in [0.15, 0.2) is 0 Å². The fourth-order valence-corrected chi connectivity index (χ4v) is 3.14. The van der Waals surface area contributed by atoms with Crippen LogP contribution in [0.3, 0.4) is 0 Å². The highest BCUT2D eigenvalue weighted by Crippen LogP contribution is 2.28. The first kappa shape index (κ1) is 14.6. The van der Waals surface area contributed by atoms with Gasteiger partial charge < -0.3 is 15.1 Å². The predicted molar refractivity (Wildman–Crippen MR) is 83.3 cm³/mol. The molecule has 2 atom stereocenters. The topological polar surface area (TPSA) is 76.5 Å². The number of nitrogens with zero attached hydrogens (tertiary/aromatic N) is 1. The summed E-state index contributed by atoms with van der Waals surface area (Å²) in [6.45, 7) is 4.95. The molecular weight excluding hydrogens is 280 g/mol. The molecule has 22 heavy (non-hydrogen) atoms. The molecular formula is C17H20N2O3. The Morgan fingerprint density at radius 3 is 2.77 bits per heavy atom. The molecule has 5 heteroatoms. The van der Waals surface area contributed by atoms with Crippen LogP contribution in [0.2, 0.25) is 0 Å². The third-order valence-corrected chi connectivity index (χ3v) is 4.54. The van der Waals surface area contributed by atoms with E-state index in [1.807, 2.05) is 25.1 Å². The van der Waals surface area contributed by atoms with Gasteiger partial charge in [0.05, 0.1) is 11.5 Å². The Balaban J connectivity index is 1.91. The molecule has 0 spiro atoms. The van der Waals surface area contributed by atoms with Crippen LogP contribution in [0.15, 0.2) is 28.9 Å². The number of likely N-dealkylation sites (tertiary alicyclic amines) is 1. The number of carbonyl (C=O) groups excluding carboxylic acids is 2. The van der Waals surface area contributed by atoms with Crippen molar-refractivity contribution >= 4 is 22.8 Å². The molecule has 2 N–H and O–H groups in total. The van der Waals surface area contributed by atoms with E-state index in [4.69, 9.17) is 10.2 Å². The molecule has 2 amide bonds. The van der Waals surface area contributed by atoms with Crippen LogP contribution in [0.25, 0.3) is 11.0 Å². The Morgan fingerprint density at radius 2 is 2.14 bits per heavy atom. The maximum Gasteiger partial charge on any atom is 0.257 e. The normalized spacial score (nSPS) is 21.5. The summed E-state index contributed by atoms with van der Waals surface area (Å²) < 4.78 is 5.49. The van der Waals surface area contributed by atoms with Crippen LogP contribution in [-0.2, 0) is 11.2 Å². The summed E-state index contributed by atoms with van der Waals surface area (Å²) in [4.78, 5) is 25.9.